The quantitative estimate of drug-likeness (QED) is 0.803. The summed E-state index contributed by atoms with van der Waals surface area (Å²) < 4.78 is 13.5. The van der Waals surface area contributed by atoms with E-state index in [1.165, 1.54) is 12.1 Å². The summed E-state index contributed by atoms with van der Waals surface area (Å²) >= 11 is 3.02. The minimum absolute atomic E-state index is 0.185. The van der Waals surface area contributed by atoms with Gasteiger partial charge in [0.25, 0.3) is 0 Å². The Bertz CT molecular complexity index is 424. The molecule has 2 amide bonds. The molecule has 0 atom stereocenters. The summed E-state index contributed by atoms with van der Waals surface area (Å²) in [4.78, 5) is 11.5. The molecular weight excluding hydrogens is 291 g/mol. The van der Waals surface area contributed by atoms with Crippen LogP contribution in [0.15, 0.2) is 22.7 Å². The Morgan fingerprint density at radius 2 is 2.18 bits per heavy atom. The van der Waals surface area contributed by atoms with Crippen LogP contribution in [-0.2, 0) is 0 Å². The van der Waals surface area contributed by atoms with Crippen LogP contribution >= 0.6 is 15.9 Å². The number of nitrogens with one attached hydrogen (secondary N) is 2. The Hall–Kier alpha value is -1.14. The van der Waals surface area contributed by atoms with Crippen molar-refractivity contribution in [1.82, 2.24) is 5.32 Å². The van der Waals surface area contributed by atoms with E-state index in [-0.39, 0.29) is 6.61 Å². The molecule has 0 aromatic heterocycles. The van der Waals surface area contributed by atoms with Crippen molar-refractivity contribution in [2.45, 2.75) is 19.4 Å². The number of aliphatic hydroxyl groups is 1. The maximum absolute atomic E-state index is 13.2. The van der Waals surface area contributed by atoms with Gasteiger partial charge in [0.1, 0.15) is 5.82 Å². The topological polar surface area (TPSA) is 61.4 Å². The summed E-state index contributed by atoms with van der Waals surface area (Å²) in [6.07, 6.45) is 0. The minimum Gasteiger partial charge on any atom is -0.394 e. The fourth-order valence-corrected chi connectivity index (χ4v) is 1.33. The molecule has 0 aliphatic carbocycles. The van der Waals surface area contributed by atoms with E-state index in [4.69, 9.17) is 5.11 Å². The third-order valence-corrected chi connectivity index (χ3v) is 2.67. The van der Waals surface area contributed by atoms with Crippen LogP contribution in [0, 0.1) is 5.82 Å². The molecule has 0 aliphatic rings. The van der Waals surface area contributed by atoms with E-state index in [2.05, 4.69) is 26.6 Å². The number of urea groups is 1. The summed E-state index contributed by atoms with van der Waals surface area (Å²) in [5.41, 5.74) is -0.380. The van der Waals surface area contributed by atoms with E-state index in [0.717, 1.165) is 0 Å². The van der Waals surface area contributed by atoms with E-state index >= 15 is 0 Å². The van der Waals surface area contributed by atoms with Crippen LogP contribution in [0.4, 0.5) is 14.9 Å². The molecule has 0 heterocycles. The Morgan fingerprint density at radius 3 is 2.71 bits per heavy atom. The molecular formula is C11H14BrFN2O2. The fourth-order valence-electron chi connectivity index (χ4n) is 1.08. The maximum atomic E-state index is 13.2. The van der Waals surface area contributed by atoms with Gasteiger partial charge in [0.2, 0.25) is 0 Å². The zero-order valence-electron chi connectivity index (χ0n) is 9.55. The predicted octanol–water partition coefficient (Wildman–Crippen LogP) is 2.48. The minimum atomic E-state index is -0.724. The van der Waals surface area contributed by atoms with E-state index < -0.39 is 17.4 Å². The zero-order valence-corrected chi connectivity index (χ0v) is 11.1. The fraction of sp³-hybridized carbons (Fsp3) is 0.364. The highest BCUT2D eigenvalue weighted by Crippen LogP contribution is 2.19. The summed E-state index contributed by atoms with van der Waals surface area (Å²) in [5, 5.41) is 14.0. The van der Waals surface area contributed by atoms with Gasteiger partial charge >= 0.3 is 6.03 Å². The van der Waals surface area contributed by atoms with Crippen LogP contribution in [0.2, 0.25) is 0 Å². The molecule has 0 bridgehead atoms. The van der Waals surface area contributed by atoms with Crippen molar-refractivity contribution >= 4 is 27.6 Å². The van der Waals surface area contributed by atoms with Gasteiger partial charge < -0.3 is 15.7 Å². The molecule has 3 N–H and O–H groups in total. The number of anilines is 1. The highest BCUT2D eigenvalue weighted by Gasteiger charge is 2.19. The van der Waals surface area contributed by atoms with Gasteiger partial charge in [0.15, 0.2) is 0 Å². The van der Waals surface area contributed by atoms with Crippen LogP contribution in [0.5, 0.6) is 0 Å². The van der Waals surface area contributed by atoms with E-state index in [1.54, 1.807) is 19.9 Å². The van der Waals surface area contributed by atoms with Crippen molar-refractivity contribution in [1.29, 1.82) is 0 Å². The molecule has 0 aliphatic heterocycles. The summed E-state index contributed by atoms with van der Waals surface area (Å²) in [7, 11) is 0. The molecule has 1 rings (SSSR count). The summed E-state index contributed by atoms with van der Waals surface area (Å²) in [6, 6.07) is 3.78. The van der Waals surface area contributed by atoms with Gasteiger partial charge in [-0.05, 0) is 48.0 Å². The van der Waals surface area contributed by atoms with Gasteiger partial charge in [-0.1, -0.05) is 0 Å². The molecule has 94 valence electrons. The van der Waals surface area contributed by atoms with E-state index in [1.807, 2.05) is 0 Å². The predicted molar refractivity (Wildman–Crippen MR) is 67.4 cm³/mol. The average Bonchev–Trinajstić information content (AvgIpc) is 2.23. The molecule has 1 aromatic carbocycles. The Morgan fingerprint density at radius 1 is 1.53 bits per heavy atom. The lowest BCUT2D eigenvalue weighted by Crippen LogP contribution is -2.48. The van der Waals surface area contributed by atoms with E-state index in [9.17, 15) is 9.18 Å². The third-order valence-electron chi connectivity index (χ3n) is 2.02. The Kier molecular flexibility index (Phi) is 4.47. The van der Waals surface area contributed by atoms with Gasteiger partial charge in [-0.3, -0.25) is 0 Å². The molecule has 4 nitrogen and oxygen atoms in total. The zero-order chi connectivity index (χ0) is 13.1. The second-order valence-electron chi connectivity index (χ2n) is 4.25. The molecule has 0 saturated heterocycles. The van der Waals surface area contributed by atoms with Gasteiger partial charge in [-0.2, -0.15) is 0 Å². The smallest absolute Gasteiger partial charge is 0.319 e. The number of hydrogen-bond acceptors (Lipinski definition) is 2. The highest BCUT2D eigenvalue weighted by atomic mass is 79.9. The second kappa shape index (κ2) is 5.46. The molecule has 6 heteroatoms. The Labute approximate surface area is 107 Å². The molecule has 0 radical (unpaired) electrons. The molecule has 17 heavy (non-hydrogen) atoms. The Balaban J connectivity index is 2.65. The molecule has 0 spiro atoms. The van der Waals surface area contributed by atoms with Crippen LogP contribution in [-0.4, -0.2) is 23.3 Å². The van der Waals surface area contributed by atoms with Gasteiger partial charge in [-0.15, -0.1) is 0 Å². The number of carbonyl (C=O) groups is 1. The first-order valence-electron chi connectivity index (χ1n) is 4.99. The first-order valence-corrected chi connectivity index (χ1v) is 5.78. The van der Waals surface area contributed by atoms with Crippen molar-refractivity contribution < 1.29 is 14.3 Å². The van der Waals surface area contributed by atoms with Gasteiger partial charge in [0.05, 0.1) is 16.6 Å². The summed E-state index contributed by atoms with van der Waals surface area (Å²) in [5.74, 6) is -0.454. The average molecular weight is 305 g/mol. The van der Waals surface area contributed by atoms with Crippen molar-refractivity contribution in [2.75, 3.05) is 11.9 Å². The van der Waals surface area contributed by atoms with Crippen LogP contribution < -0.4 is 10.6 Å². The number of hydrogen-bond donors (Lipinski definition) is 3. The lowest BCUT2D eigenvalue weighted by atomic mass is 10.1. The first kappa shape index (κ1) is 13.9. The number of rotatable bonds is 3. The first-order chi connectivity index (χ1) is 7.84. The second-order valence-corrected chi connectivity index (χ2v) is 5.10. The van der Waals surface area contributed by atoms with Crippen molar-refractivity contribution in [3.8, 4) is 0 Å². The summed E-state index contributed by atoms with van der Waals surface area (Å²) in [6.45, 7) is 3.17. The molecule has 0 saturated carbocycles. The van der Waals surface area contributed by atoms with Crippen molar-refractivity contribution in [3.05, 3.63) is 28.5 Å². The van der Waals surface area contributed by atoms with Gasteiger partial charge in [0, 0.05) is 5.69 Å². The molecule has 1 aromatic rings. The molecule has 0 fully saturated rings. The lowest BCUT2D eigenvalue weighted by molar-refractivity contribution is 0.187. The lowest BCUT2D eigenvalue weighted by Gasteiger charge is -2.23. The molecule has 0 unspecified atom stereocenters. The normalized spacial score (nSPS) is 11.1. The monoisotopic (exact) mass is 304 g/mol. The van der Waals surface area contributed by atoms with Crippen LogP contribution in [0.25, 0.3) is 0 Å². The number of aliphatic hydroxyl groups excluding tert-OH is 1. The number of benzene rings is 1. The van der Waals surface area contributed by atoms with Crippen molar-refractivity contribution in [2.24, 2.45) is 0 Å². The van der Waals surface area contributed by atoms with Crippen LogP contribution in [0.3, 0.4) is 0 Å². The number of halogens is 2. The van der Waals surface area contributed by atoms with Crippen LogP contribution in [0.1, 0.15) is 13.8 Å². The number of carbonyl (C=O) groups excluding carboxylic acids is 1. The van der Waals surface area contributed by atoms with Crippen molar-refractivity contribution in [3.63, 3.8) is 0 Å². The van der Waals surface area contributed by atoms with Gasteiger partial charge in [-0.25, -0.2) is 9.18 Å². The maximum Gasteiger partial charge on any atom is 0.319 e. The highest BCUT2D eigenvalue weighted by molar-refractivity contribution is 9.10. The third kappa shape index (κ3) is 4.32. The number of amides is 2. The standard InChI is InChI=1S/C11H14BrFN2O2/c1-11(2,6-16)15-10(17)14-7-3-4-8(12)9(13)5-7/h3-5,16H,6H2,1-2H3,(H2,14,15,17). The van der Waals surface area contributed by atoms with E-state index in [0.29, 0.717) is 10.2 Å². The largest absolute Gasteiger partial charge is 0.394 e. The SMILES string of the molecule is CC(C)(CO)NC(=O)Nc1ccc(Br)c(F)c1.